The average Bonchev–Trinajstić information content (AvgIpc) is 2.80. The van der Waals surface area contributed by atoms with Gasteiger partial charge in [-0.25, -0.2) is 4.39 Å². The summed E-state index contributed by atoms with van der Waals surface area (Å²) >= 11 is 5.64. The first-order valence-electron chi connectivity index (χ1n) is 11.6. The van der Waals surface area contributed by atoms with E-state index in [1.807, 2.05) is 0 Å². The van der Waals surface area contributed by atoms with Crippen molar-refractivity contribution < 1.29 is 41.7 Å². The topological polar surface area (TPSA) is 96.9 Å². The van der Waals surface area contributed by atoms with Crippen molar-refractivity contribution in [3.8, 4) is 11.5 Å². The molecule has 0 aliphatic heterocycles. The van der Waals surface area contributed by atoms with Gasteiger partial charge in [0.2, 0.25) is 5.91 Å². The molecule has 37 heavy (non-hydrogen) atoms. The van der Waals surface area contributed by atoms with E-state index in [2.05, 4.69) is 15.4 Å². The van der Waals surface area contributed by atoms with Crippen molar-refractivity contribution in [3.05, 3.63) is 58.9 Å². The highest BCUT2D eigenvalue weighted by Crippen LogP contribution is 2.47. The first kappa shape index (κ1) is 27.0. The molecule has 2 amide bonds. The number of amides is 2. The van der Waals surface area contributed by atoms with E-state index < -0.39 is 46.9 Å². The Morgan fingerprint density at radius 1 is 1.03 bits per heavy atom. The number of alkyl halides is 3. The summed E-state index contributed by atoms with van der Waals surface area (Å²) in [5.41, 5.74) is -1.22. The molecular formula is C25H25ClF4N2O5. The van der Waals surface area contributed by atoms with Gasteiger partial charge in [0.1, 0.15) is 17.3 Å². The normalized spacial score (nSPS) is 24.9. The molecule has 0 radical (unpaired) electrons. The fraction of sp³-hybridized carbons (Fsp3) is 0.440. The van der Waals surface area contributed by atoms with Crippen LogP contribution in [0.2, 0.25) is 5.02 Å². The van der Waals surface area contributed by atoms with Crippen molar-refractivity contribution in [3.63, 3.8) is 0 Å². The minimum atomic E-state index is -4.84. The van der Waals surface area contributed by atoms with Crippen LogP contribution >= 0.6 is 11.6 Å². The Hall–Kier alpha value is -3.05. The SMILES string of the molecule is O=C(COc1ccc(Cl)c(F)c1)NC12CCC(NC(=O)Cc3cccc(OC(F)(F)F)c3)(CC1)[C@@H](O)C2. The minimum Gasteiger partial charge on any atom is -0.484 e. The lowest BCUT2D eigenvalue weighted by Gasteiger charge is -2.56. The molecule has 5 rings (SSSR count). The molecule has 12 heteroatoms. The van der Waals surface area contributed by atoms with Gasteiger partial charge in [0.05, 0.1) is 23.1 Å². The number of ether oxygens (including phenoxy) is 2. The number of hydrogen-bond donors (Lipinski definition) is 3. The van der Waals surface area contributed by atoms with Crippen molar-refractivity contribution in [1.29, 1.82) is 0 Å². The predicted molar refractivity (Wildman–Crippen MR) is 125 cm³/mol. The zero-order chi connectivity index (χ0) is 26.8. The Bertz CT molecular complexity index is 1170. The van der Waals surface area contributed by atoms with Crippen LogP contribution < -0.4 is 20.1 Å². The quantitative estimate of drug-likeness (QED) is 0.436. The Balaban J connectivity index is 1.30. The second-order valence-corrected chi connectivity index (χ2v) is 9.90. The number of fused-ring (bicyclic) bond motifs is 3. The summed E-state index contributed by atoms with van der Waals surface area (Å²) in [6, 6.07) is 9.01. The largest absolute Gasteiger partial charge is 0.573 e. The number of carbonyl (C=O) groups excluding carboxylic acids is 2. The van der Waals surface area contributed by atoms with Crippen LogP contribution in [0.25, 0.3) is 0 Å². The second kappa shape index (κ2) is 10.4. The number of rotatable bonds is 8. The maximum atomic E-state index is 13.5. The zero-order valence-corrected chi connectivity index (χ0v) is 20.3. The third-order valence-electron chi connectivity index (χ3n) is 6.87. The first-order valence-corrected chi connectivity index (χ1v) is 12.0. The highest BCUT2D eigenvalue weighted by atomic mass is 35.5. The molecule has 7 nitrogen and oxygen atoms in total. The third kappa shape index (κ3) is 6.64. The summed E-state index contributed by atoms with van der Waals surface area (Å²) in [7, 11) is 0. The molecule has 0 aromatic heterocycles. The number of hydrogen-bond acceptors (Lipinski definition) is 5. The van der Waals surface area contributed by atoms with Crippen LogP contribution in [0.5, 0.6) is 11.5 Å². The van der Waals surface area contributed by atoms with Crippen LogP contribution in [0.15, 0.2) is 42.5 Å². The van der Waals surface area contributed by atoms with Crippen molar-refractivity contribution >= 4 is 23.4 Å². The smallest absolute Gasteiger partial charge is 0.484 e. The summed E-state index contributed by atoms with van der Waals surface area (Å²) in [6.07, 6.45) is -3.94. The van der Waals surface area contributed by atoms with E-state index in [1.165, 1.54) is 24.3 Å². The van der Waals surface area contributed by atoms with E-state index in [9.17, 15) is 32.3 Å². The Morgan fingerprint density at radius 3 is 2.41 bits per heavy atom. The number of halogens is 5. The molecule has 3 saturated carbocycles. The second-order valence-electron chi connectivity index (χ2n) is 9.49. The minimum absolute atomic E-state index is 0.0614. The zero-order valence-electron chi connectivity index (χ0n) is 19.5. The molecule has 200 valence electrons. The van der Waals surface area contributed by atoms with Crippen molar-refractivity contribution in [1.82, 2.24) is 10.6 Å². The summed E-state index contributed by atoms with van der Waals surface area (Å²) in [5.74, 6) is -1.80. The third-order valence-corrected chi connectivity index (χ3v) is 7.18. The number of aliphatic hydroxyl groups is 1. The molecule has 0 unspecified atom stereocenters. The Labute approximate surface area is 215 Å². The van der Waals surface area contributed by atoms with E-state index in [0.29, 0.717) is 31.2 Å². The highest BCUT2D eigenvalue weighted by Gasteiger charge is 2.55. The number of benzene rings is 2. The van der Waals surface area contributed by atoms with E-state index in [4.69, 9.17) is 16.3 Å². The van der Waals surface area contributed by atoms with E-state index in [0.717, 1.165) is 18.2 Å². The fourth-order valence-electron chi connectivity index (χ4n) is 5.07. The van der Waals surface area contributed by atoms with Crippen LogP contribution in [-0.2, 0) is 16.0 Å². The molecule has 3 fully saturated rings. The van der Waals surface area contributed by atoms with Gasteiger partial charge in [-0.15, -0.1) is 13.2 Å². The van der Waals surface area contributed by atoms with Gasteiger partial charge in [-0.1, -0.05) is 23.7 Å². The van der Waals surface area contributed by atoms with E-state index in [1.54, 1.807) is 0 Å². The molecule has 2 aromatic rings. The van der Waals surface area contributed by atoms with E-state index in [-0.39, 0.29) is 30.2 Å². The van der Waals surface area contributed by atoms with Gasteiger partial charge in [-0.05, 0) is 61.9 Å². The van der Waals surface area contributed by atoms with Crippen molar-refractivity contribution in [2.45, 2.75) is 62.1 Å². The number of nitrogens with one attached hydrogen (secondary N) is 2. The lowest BCUT2D eigenvalue weighted by Crippen LogP contribution is -2.70. The fourth-order valence-corrected chi connectivity index (χ4v) is 5.19. The summed E-state index contributed by atoms with van der Waals surface area (Å²) < 4.78 is 60.2. The molecule has 0 spiro atoms. The van der Waals surface area contributed by atoms with Gasteiger partial charge in [0, 0.05) is 11.6 Å². The molecule has 0 heterocycles. The maximum absolute atomic E-state index is 13.5. The number of carbonyl (C=O) groups is 2. The highest BCUT2D eigenvalue weighted by molar-refractivity contribution is 6.30. The van der Waals surface area contributed by atoms with E-state index >= 15 is 0 Å². The van der Waals surface area contributed by atoms with Crippen LogP contribution in [0.1, 0.15) is 37.7 Å². The van der Waals surface area contributed by atoms with Gasteiger partial charge >= 0.3 is 6.36 Å². The standard InChI is InChI=1S/C25H25ClF4N2O5/c26-18-5-4-16(12-19(18)27)36-14-22(35)31-23-6-8-24(9-7-23,20(33)13-23)32-21(34)11-15-2-1-3-17(10-15)37-25(28,29)30/h1-5,10,12,20,33H,6-9,11,13-14H2,(H,31,35)(H,32,34)/t20-,23?,24?/m0/s1. The van der Waals surface area contributed by atoms with Gasteiger partial charge < -0.3 is 25.2 Å². The van der Waals surface area contributed by atoms with Crippen LogP contribution in [-0.4, -0.2) is 47.1 Å². The van der Waals surface area contributed by atoms with Crippen LogP contribution in [0.3, 0.4) is 0 Å². The number of aliphatic hydroxyl groups excluding tert-OH is 1. The summed E-state index contributed by atoms with van der Waals surface area (Å²) in [5, 5.41) is 16.6. The van der Waals surface area contributed by atoms with Gasteiger partial charge in [-0.3, -0.25) is 9.59 Å². The predicted octanol–water partition coefficient (Wildman–Crippen LogP) is 4.05. The molecule has 3 N–H and O–H groups in total. The van der Waals surface area contributed by atoms with Crippen molar-refractivity contribution in [2.24, 2.45) is 0 Å². The lowest BCUT2D eigenvalue weighted by molar-refractivity contribution is -0.274. The van der Waals surface area contributed by atoms with Crippen LogP contribution in [0, 0.1) is 5.82 Å². The molecule has 3 aliphatic rings. The lowest BCUT2D eigenvalue weighted by atomic mass is 9.60. The molecule has 1 atom stereocenters. The first-order chi connectivity index (χ1) is 17.4. The van der Waals surface area contributed by atoms with Gasteiger partial charge in [0.15, 0.2) is 6.61 Å². The van der Waals surface area contributed by atoms with Gasteiger partial charge in [0.25, 0.3) is 5.91 Å². The Morgan fingerprint density at radius 2 is 1.76 bits per heavy atom. The molecule has 3 aliphatic carbocycles. The molecule has 2 bridgehead atoms. The summed E-state index contributed by atoms with van der Waals surface area (Å²) in [6.45, 7) is -0.349. The van der Waals surface area contributed by atoms with Gasteiger partial charge in [-0.2, -0.15) is 0 Å². The van der Waals surface area contributed by atoms with Crippen LogP contribution in [0.4, 0.5) is 17.6 Å². The maximum Gasteiger partial charge on any atom is 0.573 e. The van der Waals surface area contributed by atoms with Crippen molar-refractivity contribution in [2.75, 3.05) is 6.61 Å². The molecular weight excluding hydrogens is 520 g/mol. The monoisotopic (exact) mass is 544 g/mol. The molecule has 0 saturated heterocycles. The Kier molecular flexibility index (Phi) is 7.57. The summed E-state index contributed by atoms with van der Waals surface area (Å²) in [4.78, 5) is 25.2. The molecule has 2 aromatic carbocycles. The average molecular weight is 545 g/mol.